The highest BCUT2D eigenvalue weighted by molar-refractivity contribution is 5.45. The molecule has 3 nitrogen and oxygen atoms in total. The predicted molar refractivity (Wildman–Crippen MR) is 50.6 cm³/mol. The third-order valence-corrected chi connectivity index (χ3v) is 2.23. The number of rotatable bonds is 1. The van der Waals surface area contributed by atoms with E-state index >= 15 is 0 Å². The van der Waals surface area contributed by atoms with E-state index < -0.39 is 0 Å². The number of aliphatic hydroxyl groups excluding tert-OH is 1. The molecule has 13 heavy (non-hydrogen) atoms. The van der Waals surface area contributed by atoms with Crippen molar-refractivity contribution in [2.45, 2.75) is 20.5 Å². The van der Waals surface area contributed by atoms with Gasteiger partial charge in [-0.15, -0.1) is 0 Å². The molecule has 0 fully saturated rings. The fourth-order valence-corrected chi connectivity index (χ4v) is 1.51. The van der Waals surface area contributed by atoms with Crippen molar-refractivity contribution in [3.05, 3.63) is 35.3 Å². The van der Waals surface area contributed by atoms with Gasteiger partial charge in [-0.25, -0.2) is 4.98 Å². The monoisotopic (exact) mass is 176 g/mol. The van der Waals surface area contributed by atoms with Gasteiger partial charge in [-0.3, -0.25) is 0 Å². The van der Waals surface area contributed by atoms with E-state index in [1.165, 1.54) is 5.56 Å². The molecule has 0 saturated carbocycles. The smallest absolute Gasteiger partial charge is 0.137 e. The summed E-state index contributed by atoms with van der Waals surface area (Å²) < 4.78 is 1.92. The van der Waals surface area contributed by atoms with E-state index in [4.69, 9.17) is 5.11 Å². The highest BCUT2D eigenvalue weighted by atomic mass is 16.3. The van der Waals surface area contributed by atoms with Crippen LogP contribution in [0.25, 0.3) is 5.65 Å². The Kier molecular flexibility index (Phi) is 1.81. The normalized spacial score (nSPS) is 11.0. The topological polar surface area (TPSA) is 37.5 Å². The summed E-state index contributed by atoms with van der Waals surface area (Å²) >= 11 is 0. The summed E-state index contributed by atoms with van der Waals surface area (Å²) in [6, 6.07) is 4.01. The van der Waals surface area contributed by atoms with Crippen molar-refractivity contribution < 1.29 is 5.11 Å². The second-order valence-electron chi connectivity index (χ2n) is 3.23. The van der Waals surface area contributed by atoms with Gasteiger partial charge in [0.05, 0.1) is 18.0 Å². The van der Waals surface area contributed by atoms with Crippen molar-refractivity contribution in [3.63, 3.8) is 0 Å². The molecule has 0 saturated heterocycles. The van der Waals surface area contributed by atoms with Crippen molar-refractivity contribution in [1.29, 1.82) is 0 Å². The van der Waals surface area contributed by atoms with Crippen LogP contribution in [-0.2, 0) is 6.61 Å². The number of pyridine rings is 1. The molecule has 0 atom stereocenters. The van der Waals surface area contributed by atoms with Crippen molar-refractivity contribution >= 4 is 5.65 Å². The Balaban J connectivity index is 2.79. The number of fused-ring (bicyclic) bond motifs is 1. The fourth-order valence-electron chi connectivity index (χ4n) is 1.51. The lowest BCUT2D eigenvalue weighted by Gasteiger charge is -1.98. The Morgan fingerprint density at radius 3 is 2.92 bits per heavy atom. The van der Waals surface area contributed by atoms with Gasteiger partial charge >= 0.3 is 0 Å². The molecule has 0 aliphatic carbocycles. The molecule has 0 aliphatic heterocycles. The zero-order valence-corrected chi connectivity index (χ0v) is 7.78. The lowest BCUT2D eigenvalue weighted by Crippen LogP contribution is -1.93. The molecule has 1 N–H and O–H groups in total. The van der Waals surface area contributed by atoms with Gasteiger partial charge in [-0.1, -0.05) is 0 Å². The molecule has 0 bridgehead atoms. The van der Waals surface area contributed by atoms with E-state index in [0.29, 0.717) is 0 Å². The van der Waals surface area contributed by atoms with Crippen LogP contribution in [-0.4, -0.2) is 14.5 Å². The van der Waals surface area contributed by atoms with Crippen molar-refractivity contribution in [1.82, 2.24) is 9.38 Å². The number of imidazole rings is 1. The lowest BCUT2D eigenvalue weighted by atomic mass is 10.3. The quantitative estimate of drug-likeness (QED) is 0.714. The zero-order chi connectivity index (χ0) is 9.42. The Morgan fingerprint density at radius 2 is 2.23 bits per heavy atom. The third kappa shape index (κ3) is 1.21. The first-order valence-electron chi connectivity index (χ1n) is 4.27. The Hall–Kier alpha value is -1.35. The molecule has 0 unspecified atom stereocenters. The third-order valence-electron chi connectivity index (χ3n) is 2.23. The molecule has 2 aromatic heterocycles. The second-order valence-corrected chi connectivity index (χ2v) is 3.23. The molecular weight excluding hydrogens is 164 g/mol. The van der Waals surface area contributed by atoms with Crippen molar-refractivity contribution in [2.75, 3.05) is 0 Å². The standard InChI is InChI=1S/C10H12N2O/c1-7-3-4-12-9(6-13)8(2)11-10(12)5-7/h3-5,13H,6H2,1-2H3. The van der Waals surface area contributed by atoms with Gasteiger partial charge < -0.3 is 9.51 Å². The minimum atomic E-state index is 0.0378. The molecule has 68 valence electrons. The molecule has 0 radical (unpaired) electrons. The number of aromatic nitrogens is 2. The molecule has 2 heterocycles. The maximum Gasteiger partial charge on any atom is 0.137 e. The molecule has 0 amide bonds. The molecule has 3 heteroatoms. The van der Waals surface area contributed by atoms with E-state index in [1.54, 1.807) is 0 Å². The number of nitrogens with zero attached hydrogens (tertiary/aromatic N) is 2. The first kappa shape index (κ1) is 8.26. The van der Waals surface area contributed by atoms with E-state index in [1.807, 2.05) is 36.6 Å². The van der Waals surface area contributed by atoms with E-state index in [0.717, 1.165) is 17.0 Å². The summed E-state index contributed by atoms with van der Waals surface area (Å²) in [5.74, 6) is 0. The van der Waals surface area contributed by atoms with Crippen LogP contribution in [0.15, 0.2) is 18.3 Å². The second kappa shape index (κ2) is 2.85. The van der Waals surface area contributed by atoms with Crippen LogP contribution in [0.2, 0.25) is 0 Å². The maximum absolute atomic E-state index is 9.11. The molecule has 0 aromatic carbocycles. The number of aryl methyl sites for hydroxylation is 2. The first-order chi connectivity index (χ1) is 6.22. The minimum absolute atomic E-state index is 0.0378. The lowest BCUT2D eigenvalue weighted by molar-refractivity contribution is 0.275. The summed E-state index contributed by atoms with van der Waals surface area (Å²) in [5.41, 5.74) is 3.85. The van der Waals surface area contributed by atoms with Gasteiger partial charge in [-0.2, -0.15) is 0 Å². The predicted octanol–water partition coefficient (Wildman–Crippen LogP) is 1.44. The molecule has 0 spiro atoms. The van der Waals surface area contributed by atoms with Gasteiger partial charge in [0.2, 0.25) is 0 Å². The van der Waals surface area contributed by atoms with Crippen molar-refractivity contribution in [2.24, 2.45) is 0 Å². The van der Waals surface area contributed by atoms with Crippen LogP contribution < -0.4 is 0 Å². The summed E-state index contributed by atoms with van der Waals surface area (Å²) in [6.07, 6.45) is 1.94. The van der Waals surface area contributed by atoms with Crippen LogP contribution in [0.5, 0.6) is 0 Å². The van der Waals surface area contributed by atoms with Gasteiger partial charge in [0.1, 0.15) is 5.65 Å². The summed E-state index contributed by atoms with van der Waals surface area (Å²) in [7, 11) is 0. The average Bonchev–Trinajstić information content (AvgIpc) is 2.39. The van der Waals surface area contributed by atoms with Crippen LogP contribution in [0.3, 0.4) is 0 Å². The van der Waals surface area contributed by atoms with Crippen LogP contribution >= 0.6 is 0 Å². The van der Waals surface area contributed by atoms with Gasteiger partial charge in [0.15, 0.2) is 0 Å². The average molecular weight is 176 g/mol. The summed E-state index contributed by atoms with van der Waals surface area (Å²) in [6.45, 7) is 3.98. The Bertz CT molecular complexity index is 445. The largest absolute Gasteiger partial charge is 0.390 e. The fraction of sp³-hybridized carbons (Fsp3) is 0.300. The Morgan fingerprint density at radius 1 is 1.46 bits per heavy atom. The summed E-state index contributed by atoms with van der Waals surface area (Å²) in [5, 5.41) is 9.11. The maximum atomic E-state index is 9.11. The SMILES string of the molecule is Cc1ccn2c(CO)c(C)nc2c1. The highest BCUT2D eigenvalue weighted by Crippen LogP contribution is 2.12. The highest BCUT2D eigenvalue weighted by Gasteiger charge is 2.06. The molecule has 2 aromatic rings. The van der Waals surface area contributed by atoms with E-state index in [-0.39, 0.29) is 6.61 Å². The molecule has 0 aliphatic rings. The van der Waals surface area contributed by atoms with Crippen LogP contribution in [0.4, 0.5) is 0 Å². The number of hydrogen-bond donors (Lipinski definition) is 1. The molecule has 2 rings (SSSR count). The van der Waals surface area contributed by atoms with Gasteiger partial charge in [0.25, 0.3) is 0 Å². The number of hydrogen-bond acceptors (Lipinski definition) is 2. The number of aliphatic hydroxyl groups is 1. The van der Waals surface area contributed by atoms with E-state index in [2.05, 4.69) is 4.98 Å². The van der Waals surface area contributed by atoms with Gasteiger partial charge in [-0.05, 0) is 31.5 Å². The zero-order valence-electron chi connectivity index (χ0n) is 7.78. The molecular formula is C10H12N2O. The van der Waals surface area contributed by atoms with Crippen molar-refractivity contribution in [3.8, 4) is 0 Å². The van der Waals surface area contributed by atoms with E-state index in [9.17, 15) is 0 Å². The first-order valence-corrected chi connectivity index (χ1v) is 4.27. The summed E-state index contributed by atoms with van der Waals surface area (Å²) in [4.78, 5) is 4.35. The van der Waals surface area contributed by atoms with Gasteiger partial charge in [0, 0.05) is 6.20 Å². The van der Waals surface area contributed by atoms with Crippen LogP contribution in [0.1, 0.15) is 17.0 Å². The Labute approximate surface area is 76.7 Å². The van der Waals surface area contributed by atoms with Crippen LogP contribution in [0, 0.1) is 13.8 Å². The minimum Gasteiger partial charge on any atom is -0.390 e.